The van der Waals surface area contributed by atoms with E-state index >= 15 is 0 Å². The molecule has 16 heavy (non-hydrogen) atoms. The molecule has 6 heteroatoms. The Labute approximate surface area is 100 Å². The van der Waals surface area contributed by atoms with Crippen LogP contribution in [0.25, 0.3) is 0 Å². The molecular formula is C10H18N4OS. The van der Waals surface area contributed by atoms with Crippen molar-refractivity contribution >= 4 is 23.4 Å². The van der Waals surface area contributed by atoms with Crippen molar-refractivity contribution in [2.45, 2.75) is 6.42 Å². The van der Waals surface area contributed by atoms with Gasteiger partial charge < -0.3 is 15.7 Å². The van der Waals surface area contributed by atoms with E-state index in [0.717, 1.165) is 36.1 Å². The van der Waals surface area contributed by atoms with Gasteiger partial charge in [-0.05, 0) is 12.2 Å². The lowest BCUT2D eigenvalue weighted by Gasteiger charge is -2.06. The maximum absolute atomic E-state index is 8.61. The highest BCUT2D eigenvalue weighted by atomic mass is 32.2. The predicted octanol–water partition coefficient (Wildman–Crippen LogP) is 1.05. The van der Waals surface area contributed by atoms with Crippen molar-refractivity contribution in [3.8, 4) is 0 Å². The van der Waals surface area contributed by atoms with Gasteiger partial charge in [0.1, 0.15) is 18.0 Å². The lowest BCUT2D eigenvalue weighted by atomic mass is 10.5. The highest BCUT2D eigenvalue weighted by Crippen LogP contribution is 2.08. The summed E-state index contributed by atoms with van der Waals surface area (Å²) in [7, 11) is 1.83. The molecule has 0 aliphatic carbocycles. The van der Waals surface area contributed by atoms with Crippen molar-refractivity contribution in [1.82, 2.24) is 9.97 Å². The van der Waals surface area contributed by atoms with E-state index in [9.17, 15) is 0 Å². The van der Waals surface area contributed by atoms with Gasteiger partial charge in [0.15, 0.2) is 0 Å². The number of aromatic nitrogens is 2. The molecule has 0 aliphatic rings. The van der Waals surface area contributed by atoms with Crippen LogP contribution in [0.4, 0.5) is 11.6 Å². The first-order valence-electron chi connectivity index (χ1n) is 5.29. The van der Waals surface area contributed by atoms with Crippen LogP contribution < -0.4 is 10.6 Å². The lowest BCUT2D eigenvalue weighted by Crippen LogP contribution is -2.07. The third-order valence-corrected chi connectivity index (χ3v) is 2.99. The first-order valence-corrected chi connectivity index (χ1v) is 6.44. The number of aliphatic hydroxyl groups excluding tert-OH is 1. The molecule has 0 amide bonds. The van der Waals surface area contributed by atoms with E-state index < -0.39 is 0 Å². The molecule has 0 bridgehead atoms. The maximum Gasteiger partial charge on any atom is 0.131 e. The van der Waals surface area contributed by atoms with Gasteiger partial charge in [-0.25, -0.2) is 9.97 Å². The van der Waals surface area contributed by atoms with Gasteiger partial charge >= 0.3 is 0 Å². The minimum absolute atomic E-state index is 0.276. The van der Waals surface area contributed by atoms with Gasteiger partial charge in [0.2, 0.25) is 0 Å². The van der Waals surface area contributed by atoms with E-state index in [-0.39, 0.29) is 6.61 Å². The highest BCUT2D eigenvalue weighted by Gasteiger charge is 1.96. The van der Waals surface area contributed by atoms with Gasteiger partial charge in [-0.2, -0.15) is 11.8 Å². The second-order valence-electron chi connectivity index (χ2n) is 3.15. The summed E-state index contributed by atoms with van der Waals surface area (Å²) in [5, 5.41) is 14.8. The largest absolute Gasteiger partial charge is 0.396 e. The molecule has 90 valence electrons. The number of hydrogen-bond donors (Lipinski definition) is 3. The molecule has 0 atom stereocenters. The minimum atomic E-state index is 0.276. The van der Waals surface area contributed by atoms with Gasteiger partial charge in [0.05, 0.1) is 0 Å². The molecule has 0 aromatic carbocycles. The minimum Gasteiger partial charge on any atom is -0.396 e. The van der Waals surface area contributed by atoms with Crippen LogP contribution >= 0.6 is 11.8 Å². The first kappa shape index (κ1) is 13.1. The summed E-state index contributed by atoms with van der Waals surface area (Å²) in [6, 6.07) is 1.87. The van der Waals surface area contributed by atoms with Crippen LogP contribution in [0.15, 0.2) is 12.4 Å². The number of thioether (sulfide) groups is 1. The van der Waals surface area contributed by atoms with Crippen molar-refractivity contribution < 1.29 is 5.11 Å². The Bertz CT molecular complexity index is 298. The monoisotopic (exact) mass is 242 g/mol. The summed E-state index contributed by atoms with van der Waals surface area (Å²) in [5.74, 6) is 3.66. The molecule has 1 aromatic heterocycles. The third-order valence-electron chi connectivity index (χ3n) is 1.92. The number of hydrogen-bond acceptors (Lipinski definition) is 6. The summed E-state index contributed by atoms with van der Waals surface area (Å²) < 4.78 is 0. The SMILES string of the molecule is CNc1cc(NCCSCCCO)ncn1. The van der Waals surface area contributed by atoms with Crippen LogP contribution in [0.1, 0.15) is 6.42 Å². The van der Waals surface area contributed by atoms with E-state index in [0.29, 0.717) is 0 Å². The van der Waals surface area contributed by atoms with Gasteiger partial charge in [-0.3, -0.25) is 0 Å². The molecule has 5 nitrogen and oxygen atoms in total. The van der Waals surface area contributed by atoms with Crippen molar-refractivity contribution in [1.29, 1.82) is 0 Å². The molecule has 0 aliphatic heterocycles. The zero-order chi connectivity index (χ0) is 11.6. The normalized spacial score (nSPS) is 10.1. The lowest BCUT2D eigenvalue weighted by molar-refractivity contribution is 0.296. The summed E-state index contributed by atoms with van der Waals surface area (Å²) >= 11 is 1.83. The van der Waals surface area contributed by atoms with Crippen LogP contribution in [0.5, 0.6) is 0 Å². The zero-order valence-electron chi connectivity index (χ0n) is 9.44. The Kier molecular flexibility index (Phi) is 6.67. The molecular weight excluding hydrogens is 224 g/mol. The summed E-state index contributed by atoms with van der Waals surface area (Å²) in [5.41, 5.74) is 0. The molecule has 0 saturated heterocycles. The zero-order valence-corrected chi connectivity index (χ0v) is 10.3. The van der Waals surface area contributed by atoms with Crippen LogP contribution in [-0.2, 0) is 0 Å². The number of aliphatic hydroxyl groups is 1. The molecule has 1 aromatic rings. The average Bonchev–Trinajstić information content (AvgIpc) is 2.34. The molecule has 3 N–H and O–H groups in total. The molecule has 0 unspecified atom stereocenters. The van der Waals surface area contributed by atoms with Crippen molar-refractivity contribution in [3.05, 3.63) is 12.4 Å². The van der Waals surface area contributed by atoms with E-state index in [4.69, 9.17) is 5.11 Å². The van der Waals surface area contributed by atoms with Crippen LogP contribution in [0.3, 0.4) is 0 Å². The first-order chi connectivity index (χ1) is 7.86. The fourth-order valence-corrected chi connectivity index (χ4v) is 1.89. The second-order valence-corrected chi connectivity index (χ2v) is 4.38. The van der Waals surface area contributed by atoms with E-state index in [1.54, 1.807) is 0 Å². The Morgan fingerprint density at radius 3 is 2.88 bits per heavy atom. The maximum atomic E-state index is 8.61. The van der Waals surface area contributed by atoms with Crippen molar-refractivity contribution in [2.24, 2.45) is 0 Å². The van der Waals surface area contributed by atoms with Gasteiger partial charge in [0.25, 0.3) is 0 Å². The Morgan fingerprint density at radius 1 is 1.31 bits per heavy atom. The third kappa shape index (κ3) is 5.18. The number of rotatable bonds is 8. The summed E-state index contributed by atoms with van der Waals surface area (Å²) in [4.78, 5) is 8.14. The topological polar surface area (TPSA) is 70.1 Å². The fourth-order valence-electron chi connectivity index (χ4n) is 1.11. The Balaban J connectivity index is 2.16. The van der Waals surface area contributed by atoms with Crippen LogP contribution in [0, 0.1) is 0 Å². The van der Waals surface area contributed by atoms with Crippen molar-refractivity contribution in [2.75, 3.05) is 42.3 Å². The number of anilines is 2. The van der Waals surface area contributed by atoms with Crippen LogP contribution in [-0.4, -0.2) is 46.8 Å². The van der Waals surface area contributed by atoms with Gasteiger partial charge in [0, 0.05) is 32.0 Å². The van der Waals surface area contributed by atoms with Gasteiger partial charge in [-0.1, -0.05) is 0 Å². The Hall–Kier alpha value is -1.01. The predicted molar refractivity (Wildman–Crippen MR) is 69.1 cm³/mol. The molecule has 0 fully saturated rings. The van der Waals surface area contributed by atoms with E-state index in [2.05, 4.69) is 20.6 Å². The van der Waals surface area contributed by atoms with Gasteiger partial charge in [-0.15, -0.1) is 0 Å². The average molecular weight is 242 g/mol. The smallest absolute Gasteiger partial charge is 0.131 e. The molecule has 1 heterocycles. The standard InChI is InChI=1S/C10H18N4OS/c1-11-9-7-10(14-8-13-9)12-3-6-16-5-2-4-15/h7-8,15H,2-6H2,1H3,(H2,11,12,13,14). The second kappa shape index (κ2) is 8.18. The van der Waals surface area contributed by atoms with Crippen LogP contribution in [0.2, 0.25) is 0 Å². The van der Waals surface area contributed by atoms with E-state index in [1.165, 1.54) is 6.33 Å². The molecule has 0 radical (unpaired) electrons. The molecule has 0 spiro atoms. The highest BCUT2D eigenvalue weighted by molar-refractivity contribution is 7.99. The molecule has 0 saturated carbocycles. The Morgan fingerprint density at radius 2 is 2.12 bits per heavy atom. The molecule has 1 rings (SSSR count). The number of nitrogens with zero attached hydrogens (tertiary/aromatic N) is 2. The van der Waals surface area contributed by atoms with Crippen molar-refractivity contribution in [3.63, 3.8) is 0 Å². The quantitative estimate of drug-likeness (QED) is 0.592. The summed E-state index contributed by atoms with van der Waals surface area (Å²) in [6.07, 6.45) is 2.40. The number of nitrogens with one attached hydrogen (secondary N) is 2. The fraction of sp³-hybridized carbons (Fsp3) is 0.600. The summed E-state index contributed by atoms with van der Waals surface area (Å²) in [6.45, 7) is 1.15. The van der Waals surface area contributed by atoms with E-state index in [1.807, 2.05) is 24.9 Å².